The van der Waals surface area contributed by atoms with Crippen molar-refractivity contribution < 1.29 is 22.0 Å². The molecule has 0 aliphatic heterocycles. The number of primary sulfonamides is 1. The van der Waals surface area contributed by atoms with Gasteiger partial charge in [0.05, 0.1) is 16.7 Å². The molecule has 29 heavy (non-hydrogen) atoms. The lowest BCUT2D eigenvalue weighted by atomic mass is 10.1. The molecule has 2 aromatic carbocycles. The van der Waals surface area contributed by atoms with Crippen LogP contribution in [0.25, 0.3) is 11.3 Å². The standard InChI is InChI=1S/C20H20FN3O4S/c1-12-9-14(29(22,26)27)10-17(13(12)2)24-19(25)7-8-20-23-11-18(28-20)15-5-3-4-6-16(15)21/h3-6,9-11H,7-8H2,1-2H3,(H,24,25)(H2,22,26,27). The normalized spacial score (nSPS) is 11.4. The number of aromatic nitrogens is 1. The molecule has 0 bridgehead atoms. The number of nitrogens with two attached hydrogens (primary N) is 1. The second-order valence-electron chi connectivity index (χ2n) is 6.60. The molecule has 0 aliphatic rings. The number of hydrogen-bond acceptors (Lipinski definition) is 5. The van der Waals surface area contributed by atoms with Crippen molar-refractivity contribution in [2.45, 2.75) is 31.6 Å². The van der Waals surface area contributed by atoms with Crippen molar-refractivity contribution in [2.24, 2.45) is 5.14 Å². The van der Waals surface area contributed by atoms with Crippen LogP contribution in [0.1, 0.15) is 23.4 Å². The largest absolute Gasteiger partial charge is 0.441 e. The van der Waals surface area contributed by atoms with E-state index in [1.807, 2.05) is 0 Å². The molecule has 1 amide bonds. The van der Waals surface area contributed by atoms with E-state index in [2.05, 4.69) is 10.3 Å². The predicted molar refractivity (Wildman–Crippen MR) is 106 cm³/mol. The lowest BCUT2D eigenvalue weighted by Gasteiger charge is -2.12. The SMILES string of the molecule is Cc1cc(S(N)(=O)=O)cc(NC(=O)CCc2ncc(-c3ccccc3F)o2)c1C. The van der Waals surface area contributed by atoms with Crippen LogP contribution >= 0.6 is 0 Å². The Labute approximate surface area is 167 Å². The number of hydrogen-bond donors (Lipinski definition) is 2. The van der Waals surface area contributed by atoms with Crippen LogP contribution in [0.2, 0.25) is 0 Å². The maximum atomic E-state index is 13.8. The zero-order valence-electron chi connectivity index (χ0n) is 15.9. The van der Waals surface area contributed by atoms with Gasteiger partial charge in [-0.25, -0.2) is 22.9 Å². The maximum Gasteiger partial charge on any atom is 0.238 e. The number of nitrogens with one attached hydrogen (secondary N) is 1. The fraction of sp³-hybridized carbons (Fsp3) is 0.200. The van der Waals surface area contributed by atoms with Gasteiger partial charge in [0.25, 0.3) is 0 Å². The molecule has 1 heterocycles. The highest BCUT2D eigenvalue weighted by Crippen LogP contribution is 2.25. The van der Waals surface area contributed by atoms with Crippen molar-refractivity contribution in [3.05, 3.63) is 65.4 Å². The first-order chi connectivity index (χ1) is 13.6. The molecule has 0 aliphatic carbocycles. The second kappa shape index (κ2) is 8.14. The molecule has 7 nitrogen and oxygen atoms in total. The number of rotatable bonds is 6. The summed E-state index contributed by atoms with van der Waals surface area (Å²) in [4.78, 5) is 16.3. The van der Waals surface area contributed by atoms with Gasteiger partial charge in [-0.15, -0.1) is 0 Å². The summed E-state index contributed by atoms with van der Waals surface area (Å²) in [6.45, 7) is 3.50. The number of oxazole rings is 1. The number of nitrogens with zero attached hydrogens (tertiary/aromatic N) is 1. The van der Waals surface area contributed by atoms with E-state index in [-0.39, 0.29) is 29.4 Å². The first kappa shape index (κ1) is 20.7. The Hall–Kier alpha value is -3.04. The minimum Gasteiger partial charge on any atom is -0.441 e. The van der Waals surface area contributed by atoms with Gasteiger partial charge in [0.15, 0.2) is 11.7 Å². The van der Waals surface area contributed by atoms with Crippen LogP contribution in [0.3, 0.4) is 0 Å². The van der Waals surface area contributed by atoms with Crippen LogP contribution in [-0.4, -0.2) is 19.3 Å². The van der Waals surface area contributed by atoms with E-state index < -0.39 is 15.8 Å². The van der Waals surface area contributed by atoms with Gasteiger partial charge in [0, 0.05) is 18.5 Å². The van der Waals surface area contributed by atoms with Crippen molar-refractivity contribution >= 4 is 21.6 Å². The molecule has 3 N–H and O–H groups in total. The zero-order valence-corrected chi connectivity index (χ0v) is 16.7. The Morgan fingerprint density at radius 1 is 1.24 bits per heavy atom. The summed E-state index contributed by atoms with van der Waals surface area (Å²) in [5, 5.41) is 7.88. The summed E-state index contributed by atoms with van der Waals surface area (Å²) >= 11 is 0. The third-order valence-electron chi connectivity index (χ3n) is 4.50. The first-order valence-corrected chi connectivity index (χ1v) is 10.3. The maximum absolute atomic E-state index is 13.8. The Balaban J connectivity index is 1.68. The fourth-order valence-electron chi connectivity index (χ4n) is 2.76. The van der Waals surface area contributed by atoms with Gasteiger partial charge in [-0.05, 0) is 49.2 Å². The minimum absolute atomic E-state index is 0.0509. The lowest BCUT2D eigenvalue weighted by Crippen LogP contribution is -2.16. The quantitative estimate of drug-likeness (QED) is 0.638. The highest BCUT2D eigenvalue weighted by molar-refractivity contribution is 7.89. The minimum atomic E-state index is -3.89. The molecule has 0 spiro atoms. The van der Waals surface area contributed by atoms with Crippen LogP contribution in [-0.2, 0) is 21.2 Å². The molecule has 3 aromatic rings. The van der Waals surface area contributed by atoms with Gasteiger partial charge in [0.2, 0.25) is 15.9 Å². The molecule has 0 saturated carbocycles. The summed E-state index contributed by atoms with van der Waals surface area (Å²) < 4.78 is 42.6. The molecule has 0 atom stereocenters. The van der Waals surface area contributed by atoms with Crippen LogP contribution in [0.4, 0.5) is 10.1 Å². The summed E-state index contributed by atoms with van der Waals surface area (Å²) in [6.07, 6.45) is 1.66. The highest BCUT2D eigenvalue weighted by Gasteiger charge is 2.15. The third kappa shape index (κ3) is 4.87. The number of carbonyl (C=O) groups is 1. The van der Waals surface area contributed by atoms with Crippen molar-refractivity contribution in [1.29, 1.82) is 0 Å². The van der Waals surface area contributed by atoms with Crippen LogP contribution in [0.5, 0.6) is 0 Å². The van der Waals surface area contributed by atoms with E-state index in [9.17, 15) is 17.6 Å². The number of aryl methyl sites for hydroxylation is 2. The lowest BCUT2D eigenvalue weighted by molar-refractivity contribution is -0.116. The molecule has 0 unspecified atom stereocenters. The number of halogens is 1. The average Bonchev–Trinajstić information content (AvgIpc) is 3.12. The van der Waals surface area contributed by atoms with Gasteiger partial charge in [-0.1, -0.05) is 12.1 Å². The van der Waals surface area contributed by atoms with Gasteiger partial charge < -0.3 is 9.73 Å². The average molecular weight is 417 g/mol. The van der Waals surface area contributed by atoms with E-state index in [0.29, 0.717) is 22.7 Å². The molecule has 0 radical (unpaired) electrons. The molecular formula is C20H20FN3O4S. The molecule has 152 valence electrons. The topological polar surface area (TPSA) is 115 Å². The van der Waals surface area contributed by atoms with Gasteiger partial charge in [-0.2, -0.15) is 0 Å². The van der Waals surface area contributed by atoms with Gasteiger partial charge in [0.1, 0.15) is 5.82 Å². The van der Waals surface area contributed by atoms with E-state index >= 15 is 0 Å². The Bertz CT molecular complexity index is 1170. The van der Waals surface area contributed by atoms with Crippen molar-refractivity contribution in [2.75, 3.05) is 5.32 Å². The van der Waals surface area contributed by atoms with Crippen LogP contribution in [0.15, 0.2) is 51.9 Å². The van der Waals surface area contributed by atoms with E-state index in [4.69, 9.17) is 9.56 Å². The van der Waals surface area contributed by atoms with Crippen molar-refractivity contribution in [1.82, 2.24) is 4.98 Å². The molecule has 0 saturated heterocycles. The number of sulfonamides is 1. The predicted octanol–water partition coefficient (Wildman–Crippen LogP) is 3.32. The Kier molecular flexibility index (Phi) is 5.81. The molecule has 9 heteroatoms. The molecule has 0 fully saturated rings. The molecule has 3 rings (SSSR count). The third-order valence-corrected chi connectivity index (χ3v) is 5.40. The Morgan fingerprint density at radius 2 is 1.97 bits per heavy atom. The summed E-state index contributed by atoms with van der Waals surface area (Å²) in [6, 6.07) is 8.96. The van der Waals surface area contributed by atoms with E-state index in [1.54, 1.807) is 32.0 Å². The van der Waals surface area contributed by atoms with Crippen LogP contribution in [0, 0.1) is 19.7 Å². The zero-order chi connectivity index (χ0) is 21.2. The van der Waals surface area contributed by atoms with E-state index in [0.717, 1.165) is 5.56 Å². The Morgan fingerprint density at radius 3 is 2.66 bits per heavy atom. The van der Waals surface area contributed by atoms with Crippen LogP contribution < -0.4 is 10.5 Å². The van der Waals surface area contributed by atoms with Crippen molar-refractivity contribution in [3.8, 4) is 11.3 Å². The van der Waals surface area contributed by atoms with Crippen molar-refractivity contribution in [3.63, 3.8) is 0 Å². The summed E-state index contributed by atoms with van der Waals surface area (Å²) in [5.74, 6) is -0.186. The number of anilines is 1. The van der Waals surface area contributed by atoms with Gasteiger partial charge in [-0.3, -0.25) is 4.79 Å². The summed E-state index contributed by atoms with van der Waals surface area (Å²) in [5.41, 5.74) is 2.10. The number of benzene rings is 2. The number of amides is 1. The van der Waals surface area contributed by atoms with Gasteiger partial charge >= 0.3 is 0 Å². The fourth-order valence-corrected chi connectivity index (χ4v) is 3.39. The number of carbonyl (C=O) groups excluding carboxylic acids is 1. The molecule has 1 aromatic heterocycles. The highest BCUT2D eigenvalue weighted by atomic mass is 32.2. The second-order valence-corrected chi connectivity index (χ2v) is 8.17. The van der Waals surface area contributed by atoms with E-state index in [1.165, 1.54) is 24.4 Å². The first-order valence-electron chi connectivity index (χ1n) is 8.78. The summed E-state index contributed by atoms with van der Waals surface area (Å²) in [7, 11) is -3.89. The monoisotopic (exact) mass is 417 g/mol. The molecular weight excluding hydrogens is 397 g/mol. The smallest absolute Gasteiger partial charge is 0.238 e.